The van der Waals surface area contributed by atoms with E-state index in [-0.39, 0.29) is 12.5 Å². The van der Waals surface area contributed by atoms with Crippen LogP contribution in [0.4, 0.5) is 0 Å². The second-order valence-electron chi connectivity index (χ2n) is 5.17. The molecule has 0 radical (unpaired) electrons. The van der Waals surface area contributed by atoms with Crippen LogP contribution in [-0.4, -0.2) is 49.5 Å². The van der Waals surface area contributed by atoms with Gasteiger partial charge >= 0.3 is 0 Å². The first-order valence-electron chi connectivity index (χ1n) is 7.73. The molecule has 0 spiro atoms. The number of rotatable bonds is 6. The van der Waals surface area contributed by atoms with Gasteiger partial charge in [-0.25, -0.2) is 4.99 Å². The van der Waals surface area contributed by atoms with Crippen molar-refractivity contribution < 1.29 is 4.79 Å². The van der Waals surface area contributed by atoms with Crippen LogP contribution in [-0.2, 0) is 11.2 Å². The Morgan fingerprint density at radius 3 is 2.77 bits per heavy atom. The molecule has 1 aliphatic heterocycles. The van der Waals surface area contributed by atoms with Gasteiger partial charge in [-0.15, -0.1) is 11.3 Å². The van der Waals surface area contributed by atoms with Crippen LogP contribution >= 0.6 is 27.3 Å². The van der Waals surface area contributed by atoms with E-state index < -0.39 is 0 Å². The lowest BCUT2D eigenvalue weighted by atomic mass is 10.3. The predicted octanol–water partition coefficient (Wildman–Crippen LogP) is 2.23. The zero-order valence-corrected chi connectivity index (χ0v) is 15.3. The number of amides is 1. The predicted molar refractivity (Wildman–Crippen MR) is 95.5 cm³/mol. The lowest BCUT2D eigenvalue weighted by molar-refractivity contribution is -0.128. The monoisotopic (exact) mass is 386 g/mol. The van der Waals surface area contributed by atoms with Crippen LogP contribution in [0.25, 0.3) is 0 Å². The summed E-state index contributed by atoms with van der Waals surface area (Å²) in [7, 11) is 0. The Balaban J connectivity index is 1.77. The molecule has 1 aromatic rings. The van der Waals surface area contributed by atoms with Crippen molar-refractivity contribution in [3.05, 3.63) is 20.8 Å². The lowest BCUT2D eigenvalue weighted by Crippen LogP contribution is -2.39. The molecule has 1 aromatic heterocycles. The average molecular weight is 387 g/mol. The van der Waals surface area contributed by atoms with Crippen LogP contribution in [0.1, 0.15) is 24.6 Å². The molecule has 0 saturated carbocycles. The van der Waals surface area contributed by atoms with Crippen molar-refractivity contribution in [3.63, 3.8) is 0 Å². The average Bonchev–Trinajstić information content (AvgIpc) is 3.16. The molecule has 0 aliphatic carbocycles. The Hall–Kier alpha value is -1.08. The Kier molecular flexibility index (Phi) is 7.18. The molecular weight excluding hydrogens is 364 g/mol. The molecule has 1 saturated heterocycles. The van der Waals surface area contributed by atoms with Gasteiger partial charge in [0.1, 0.15) is 6.54 Å². The molecule has 1 amide bonds. The van der Waals surface area contributed by atoms with Gasteiger partial charge in [-0.2, -0.15) is 0 Å². The molecule has 1 fully saturated rings. The molecular formula is C15H23BrN4OS. The lowest BCUT2D eigenvalue weighted by Gasteiger charge is -2.15. The quantitative estimate of drug-likeness (QED) is 0.582. The molecule has 0 aromatic carbocycles. The number of likely N-dealkylation sites (tertiary alicyclic amines) is 1. The number of halogens is 1. The largest absolute Gasteiger partial charge is 0.357 e. The summed E-state index contributed by atoms with van der Waals surface area (Å²) >= 11 is 5.21. The van der Waals surface area contributed by atoms with E-state index in [9.17, 15) is 4.79 Å². The number of hydrogen-bond acceptors (Lipinski definition) is 3. The van der Waals surface area contributed by atoms with Gasteiger partial charge in [0.25, 0.3) is 0 Å². The molecule has 22 heavy (non-hydrogen) atoms. The summed E-state index contributed by atoms with van der Waals surface area (Å²) in [4.78, 5) is 19.6. The first-order valence-corrected chi connectivity index (χ1v) is 9.34. The number of nitrogens with one attached hydrogen (secondary N) is 2. The molecule has 0 bridgehead atoms. The number of carbonyl (C=O) groups is 1. The smallest absolute Gasteiger partial charge is 0.244 e. The number of aliphatic imine (C=N–C) groups is 1. The Morgan fingerprint density at radius 1 is 1.36 bits per heavy atom. The first kappa shape index (κ1) is 17.3. The standard InChI is InChI=1S/C15H23BrN4OS/c1-2-17-15(18-8-7-12-5-6-13(16)22-12)19-11-14(21)20-9-3-4-10-20/h5-6H,2-4,7-11H2,1H3,(H2,17,18,19). The third kappa shape index (κ3) is 5.61. The van der Waals surface area contributed by atoms with Crippen LogP contribution in [0.15, 0.2) is 20.9 Å². The molecule has 0 unspecified atom stereocenters. The van der Waals surface area contributed by atoms with Gasteiger partial charge in [0.2, 0.25) is 5.91 Å². The number of carbonyl (C=O) groups excluding carboxylic acids is 1. The van der Waals surface area contributed by atoms with Gasteiger partial charge in [-0.1, -0.05) is 0 Å². The summed E-state index contributed by atoms with van der Waals surface area (Å²) in [5.74, 6) is 0.836. The molecule has 0 atom stereocenters. The number of nitrogens with zero attached hydrogens (tertiary/aromatic N) is 2. The van der Waals surface area contributed by atoms with Crippen molar-refractivity contribution in [1.29, 1.82) is 0 Å². The van der Waals surface area contributed by atoms with E-state index in [1.807, 2.05) is 11.8 Å². The van der Waals surface area contributed by atoms with Crippen molar-refractivity contribution in [1.82, 2.24) is 15.5 Å². The minimum atomic E-state index is 0.122. The molecule has 2 heterocycles. The fraction of sp³-hybridized carbons (Fsp3) is 0.600. The van der Waals surface area contributed by atoms with Crippen LogP contribution in [0.5, 0.6) is 0 Å². The van der Waals surface area contributed by atoms with Crippen molar-refractivity contribution in [2.75, 3.05) is 32.7 Å². The van der Waals surface area contributed by atoms with Crippen LogP contribution in [0, 0.1) is 0 Å². The number of guanidine groups is 1. The number of hydrogen-bond donors (Lipinski definition) is 2. The maximum absolute atomic E-state index is 12.0. The summed E-state index contributed by atoms with van der Waals surface area (Å²) in [6.45, 7) is 5.60. The maximum atomic E-state index is 12.0. The van der Waals surface area contributed by atoms with Crippen LogP contribution < -0.4 is 10.6 Å². The van der Waals surface area contributed by atoms with E-state index in [4.69, 9.17) is 0 Å². The van der Waals surface area contributed by atoms with Gasteiger partial charge in [-0.05, 0) is 54.2 Å². The third-order valence-electron chi connectivity index (χ3n) is 3.47. The van der Waals surface area contributed by atoms with E-state index in [1.165, 1.54) is 4.88 Å². The van der Waals surface area contributed by atoms with Crippen molar-refractivity contribution in [2.45, 2.75) is 26.2 Å². The normalized spacial score (nSPS) is 15.2. The molecule has 1 aliphatic rings. The van der Waals surface area contributed by atoms with E-state index in [0.717, 1.165) is 49.2 Å². The van der Waals surface area contributed by atoms with Gasteiger partial charge < -0.3 is 15.5 Å². The molecule has 2 rings (SSSR count). The van der Waals surface area contributed by atoms with Crippen LogP contribution in [0.2, 0.25) is 0 Å². The second kappa shape index (κ2) is 9.15. The number of thiophene rings is 1. The summed E-state index contributed by atoms with van der Waals surface area (Å²) in [6.07, 6.45) is 3.18. The van der Waals surface area contributed by atoms with Crippen LogP contribution in [0.3, 0.4) is 0 Å². The first-order chi connectivity index (χ1) is 10.7. The van der Waals surface area contributed by atoms with Gasteiger partial charge in [0, 0.05) is 31.1 Å². The summed E-state index contributed by atoms with van der Waals surface area (Å²) in [5.41, 5.74) is 0. The SMILES string of the molecule is CCNC(=NCC(=O)N1CCCC1)NCCc1ccc(Br)s1. The summed E-state index contributed by atoms with van der Waals surface area (Å²) < 4.78 is 1.15. The summed E-state index contributed by atoms with van der Waals surface area (Å²) in [5, 5.41) is 6.47. The molecule has 2 N–H and O–H groups in total. The Morgan fingerprint density at radius 2 is 2.14 bits per heavy atom. The second-order valence-corrected chi connectivity index (χ2v) is 7.71. The fourth-order valence-electron chi connectivity index (χ4n) is 2.35. The topological polar surface area (TPSA) is 56.7 Å². The van der Waals surface area contributed by atoms with Crippen molar-refractivity contribution in [2.24, 2.45) is 4.99 Å². The van der Waals surface area contributed by atoms with E-state index in [2.05, 4.69) is 43.7 Å². The summed E-state index contributed by atoms with van der Waals surface area (Å²) in [6, 6.07) is 4.19. The van der Waals surface area contributed by atoms with Crippen molar-refractivity contribution in [3.8, 4) is 0 Å². The maximum Gasteiger partial charge on any atom is 0.244 e. The van der Waals surface area contributed by atoms with E-state index >= 15 is 0 Å². The zero-order valence-electron chi connectivity index (χ0n) is 12.9. The fourth-order valence-corrected chi connectivity index (χ4v) is 3.83. The van der Waals surface area contributed by atoms with E-state index in [0.29, 0.717) is 5.96 Å². The molecule has 5 nitrogen and oxygen atoms in total. The third-order valence-corrected chi connectivity index (χ3v) is 5.15. The highest BCUT2D eigenvalue weighted by molar-refractivity contribution is 9.11. The highest BCUT2D eigenvalue weighted by atomic mass is 79.9. The highest BCUT2D eigenvalue weighted by Gasteiger charge is 2.17. The minimum absolute atomic E-state index is 0.122. The molecule has 7 heteroatoms. The molecule has 122 valence electrons. The highest BCUT2D eigenvalue weighted by Crippen LogP contribution is 2.21. The Labute approximate surface area is 144 Å². The van der Waals surface area contributed by atoms with Gasteiger partial charge in [0.15, 0.2) is 5.96 Å². The zero-order chi connectivity index (χ0) is 15.8. The minimum Gasteiger partial charge on any atom is -0.357 e. The van der Waals surface area contributed by atoms with Crippen molar-refractivity contribution >= 4 is 39.1 Å². The van der Waals surface area contributed by atoms with Gasteiger partial charge in [-0.3, -0.25) is 4.79 Å². The Bertz CT molecular complexity index is 511. The van der Waals surface area contributed by atoms with Gasteiger partial charge in [0.05, 0.1) is 3.79 Å². The van der Waals surface area contributed by atoms with E-state index in [1.54, 1.807) is 11.3 Å².